The Morgan fingerprint density at radius 3 is 2.74 bits per heavy atom. The Labute approximate surface area is 216 Å². The molecule has 1 aliphatic heterocycles. The minimum atomic E-state index is -0.292. The average molecular weight is 498 g/mol. The predicted octanol–water partition coefficient (Wildman–Crippen LogP) is 5.47. The molecule has 192 valence electrons. The summed E-state index contributed by atoms with van der Waals surface area (Å²) in [5.74, 6) is 0.851. The molecule has 0 spiro atoms. The topological polar surface area (TPSA) is 57.6 Å². The fourth-order valence-electron chi connectivity index (χ4n) is 4.76. The van der Waals surface area contributed by atoms with Crippen molar-refractivity contribution in [2.45, 2.75) is 52.1 Å². The minimum absolute atomic E-state index is 0.292. The van der Waals surface area contributed by atoms with Crippen LogP contribution in [0, 0.1) is 11.8 Å². The summed E-state index contributed by atoms with van der Waals surface area (Å²) in [6.07, 6.45) is 21.7. The number of nitrogens with zero attached hydrogens (tertiary/aromatic N) is 2. The zero-order chi connectivity index (χ0) is 24.9. The molecular weight excluding hydrogens is 454 g/mol. The first-order chi connectivity index (χ1) is 17.1. The van der Waals surface area contributed by atoms with E-state index >= 15 is 0 Å². The van der Waals surface area contributed by atoms with Gasteiger partial charge in [-0.1, -0.05) is 61.1 Å². The largest absolute Gasteiger partial charge is 0.388 e. The highest BCUT2D eigenvalue weighted by molar-refractivity contribution is 7.13. The van der Waals surface area contributed by atoms with Crippen molar-refractivity contribution in [1.82, 2.24) is 10.3 Å². The number of ether oxygens (including phenoxy) is 1. The van der Waals surface area contributed by atoms with Crippen LogP contribution in [0.3, 0.4) is 0 Å². The van der Waals surface area contributed by atoms with E-state index in [-0.39, 0.29) is 6.10 Å². The lowest BCUT2D eigenvalue weighted by Crippen LogP contribution is -2.35. The summed E-state index contributed by atoms with van der Waals surface area (Å²) in [6.45, 7) is 8.85. The van der Waals surface area contributed by atoms with Gasteiger partial charge in [0.2, 0.25) is 0 Å². The zero-order valence-electron chi connectivity index (χ0n) is 21.7. The first-order valence-electron chi connectivity index (χ1n) is 13.0. The van der Waals surface area contributed by atoms with Gasteiger partial charge < -0.3 is 20.1 Å². The number of nitrogens with one attached hydrogen (secondary N) is 1. The van der Waals surface area contributed by atoms with Gasteiger partial charge in [-0.05, 0) is 63.1 Å². The van der Waals surface area contributed by atoms with Gasteiger partial charge in [0.1, 0.15) is 0 Å². The number of piperidine rings is 1. The standard InChI is InChI=1S/C29H43N3O2S/c1-4-9-23(2)20-32(29-31-27(22-35-29)10-7-5-6-8-19-34-3)21-24-11-13-25(14-12-24)28(33)26-15-17-30-18-16-26/h4-9,11,13,22-23,26,28,30,33H,10,12,14-21H2,1-3H3/b7-5-,8-6-,9-4-. The normalized spacial score (nSPS) is 19.4. The van der Waals surface area contributed by atoms with E-state index < -0.39 is 0 Å². The smallest absolute Gasteiger partial charge is 0.185 e. The molecule has 0 saturated carbocycles. The second-order valence-electron chi connectivity index (χ2n) is 9.62. The summed E-state index contributed by atoms with van der Waals surface area (Å²) in [6, 6.07) is 0. The summed E-state index contributed by atoms with van der Waals surface area (Å²) in [5.41, 5.74) is 3.73. The number of aliphatic hydroxyl groups excluding tert-OH is 1. The van der Waals surface area contributed by atoms with Crippen LogP contribution < -0.4 is 10.2 Å². The van der Waals surface area contributed by atoms with Gasteiger partial charge in [0.15, 0.2) is 5.13 Å². The molecule has 2 heterocycles. The van der Waals surface area contributed by atoms with Crippen LogP contribution in [-0.4, -0.2) is 56.1 Å². The lowest BCUT2D eigenvalue weighted by Gasteiger charge is -2.31. The molecule has 1 aromatic heterocycles. The molecule has 0 amide bonds. The number of rotatable bonds is 13. The van der Waals surface area contributed by atoms with E-state index in [9.17, 15) is 5.11 Å². The number of thiazole rings is 1. The van der Waals surface area contributed by atoms with Crippen LogP contribution in [0.15, 0.2) is 65.1 Å². The van der Waals surface area contributed by atoms with Gasteiger partial charge in [0, 0.05) is 32.0 Å². The Balaban J connectivity index is 1.65. The summed E-state index contributed by atoms with van der Waals surface area (Å²) in [7, 11) is 1.70. The summed E-state index contributed by atoms with van der Waals surface area (Å²) in [5, 5.41) is 17.5. The Kier molecular flexibility index (Phi) is 12.0. The summed E-state index contributed by atoms with van der Waals surface area (Å²) in [4.78, 5) is 7.38. The van der Waals surface area contributed by atoms with Crippen LogP contribution in [0.4, 0.5) is 5.13 Å². The highest BCUT2D eigenvalue weighted by Gasteiger charge is 2.26. The Hall–Kier alpha value is -1.99. The fraction of sp³-hybridized carbons (Fsp3) is 0.552. The molecule has 1 aromatic rings. The number of allylic oxidation sites excluding steroid dienone is 6. The van der Waals surface area contributed by atoms with Crippen molar-refractivity contribution in [3.8, 4) is 0 Å². The minimum Gasteiger partial charge on any atom is -0.388 e. The summed E-state index contributed by atoms with van der Waals surface area (Å²) < 4.78 is 5.03. The molecule has 0 radical (unpaired) electrons. The monoisotopic (exact) mass is 497 g/mol. The van der Waals surface area contributed by atoms with Crippen molar-refractivity contribution in [2.75, 3.05) is 44.8 Å². The first kappa shape index (κ1) is 27.6. The van der Waals surface area contributed by atoms with E-state index in [4.69, 9.17) is 9.72 Å². The lowest BCUT2D eigenvalue weighted by atomic mass is 9.84. The second kappa shape index (κ2) is 15.2. The van der Waals surface area contributed by atoms with Crippen molar-refractivity contribution in [2.24, 2.45) is 11.8 Å². The number of anilines is 1. The molecule has 1 aliphatic carbocycles. The molecule has 2 aliphatic rings. The molecule has 5 nitrogen and oxygen atoms in total. The lowest BCUT2D eigenvalue weighted by molar-refractivity contribution is 0.116. The Morgan fingerprint density at radius 1 is 1.23 bits per heavy atom. The number of aromatic nitrogens is 1. The quantitative estimate of drug-likeness (QED) is 0.280. The van der Waals surface area contributed by atoms with Crippen molar-refractivity contribution in [3.05, 3.63) is 70.8 Å². The van der Waals surface area contributed by atoms with Crippen molar-refractivity contribution < 1.29 is 9.84 Å². The van der Waals surface area contributed by atoms with Crippen LogP contribution in [0.5, 0.6) is 0 Å². The maximum Gasteiger partial charge on any atom is 0.185 e. The van der Waals surface area contributed by atoms with Gasteiger partial charge in [-0.15, -0.1) is 11.3 Å². The van der Waals surface area contributed by atoms with Crippen LogP contribution >= 0.6 is 11.3 Å². The van der Waals surface area contributed by atoms with Crippen LogP contribution in [-0.2, 0) is 11.2 Å². The summed E-state index contributed by atoms with van der Waals surface area (Å²) >= 11 is 1.73. The SMILES string of the molecule is C/C=C\C(C)CN(CC1=CC=C(C(O)C2CCNCC2)CC1)c1nc(C/C=C\C=C/COC)cs1. The maximum absolute atomic E-state index is 10.9. The van der Waals surface area contributed by atoms with Crippen molar-refractivity contribution in [3.63, 3.8) is 0 Å². The van der Waals surface area contributed by atoms with Gasteiger partial charge in [-0.2, -0.15) is 0 Å². The van der Waals surface area contributed by atoms with Gasteiger partial charge in [-0.3, -0.25) is 0 Å². The molecule has 2 atom stereocenters. The third-order valence-electron chi connectivity index (χ3n) is 6.68. The van der Waals surface area contributed by atoms with Gasteiger partial charge in [0.25, 0.3) is 0 Å². The molecule has 2 N–H and O–H groups in total. The van der Waals surface area contributed by atoms with E-state index in [0.29, 0.717) is 18.4 Å². The van der Waals surface area contributed by atoms with Crippen LogP contribution in [0.2, 0.25) is 0 Å². The molecule has 0 bridgehead atoms. The zero-order valence-corrected chi connectivity index (χ0v) is 22.5. The highest BCUT2D eigenvalue weighted by atomic mass is 32.1. The van der Waals surface area contributed by atoms with E-state index in [2.05, 4.69) is 65.9 Å². The molecule has 3 rings (SSSR count). The number of hydrogen-bond donors (Lipinski definition) is 2. The van der Waals surface area contributed by atoms with Gasteiger partial charge in [-0.25, -0.2) is 4.98 Å². The molecule has 2 unspecified atom stereocenters. The molecule has 35 heavy (non-hydrogen) atoms. The molecule has 0 aromatic carbocycles. The molecule has 1 saturated heterocycles. The van der Waals surface area contributed by atoms with Crippen molar-refractivity contribution in [1.29, 1.82) is 0 Å². The maximum atomic E-state index is 10.9. The van der Waals surface area contributed by atoms with E-state index in [1.807, 2.05) is 12.2 Å². The van der Waals surface area contributed by atoms with Crippen LogP contribution in [0.1, 0.15) is 45.2 Å². The molecular formula is C29H43N3O2S. The highest BCUT2D eigenvalue weighted by Crippen LogP contribution is 2.30. The molecule has 6 heteroatoms. The van der Waals surface area contributed by atoms with Crippen molar-refractivity contribution >= 4 is 16.5 Å². The fourth-order valence-corrected chi connectivity index (χ4v) is 5.61. The number of hydrogen-bond acceptors (Lipinski definition) is 6. The number of aliphatic hydroxyl groups is 1. The third-order valence-corrected chi connectivity index (χ3v) is 7.63. The van der Waals surface area contributed by atoms with Gasteiger partial charge in [0.05, 0.1) is 18.4 Å². The van der Waals surface area contributed by atoms with E-state index in [1.54, 1.807) is 18.4 Å². The second-order valence-corrected chi connectivity index (χ2v) is 10.5. The van der Waals surface area contributed by atoms with E-state index in [1.165, 1.54) is 11.1 Å². The van der Waals surface area contributed by atoms with E-state index in [0.717, 1.165) is 69.1 Å². The first-order valence-corrected chi connectivity index (χ1v) is 13.9. The molecule has 1 fully saturated rings. The average Bonchev–Trinajstić information content (AvgIpc) is 3.35. The third kappa shape index (κ3) is 9.19. The Bertz CT molecular complexity index is 909. The van der Waals surface area contributed by atoms with Crippen LogP contribution in [0.25, 0.3) is 0 Å². The van der Waals surface area contributed by atoms with Gasteiger partial charge >= 0.3 is 0 Å². The Morgan fingerprint density at radius 2 is 2.03 bits per heavy atom. The predicted molar refractivity (Wildman–Crippen MR) is 149 cm³/mol. The number of methoxy groups -OCH3 is 1.